The van der Waals surface area contributed by atoms with Crippen LogP contribution in [0.4, 0.5) is 4.39 Å². The highest BCUT2D eigenvalue weighted by molar-refractivity contribution is 5.42. The van der Waals surface area contributed by atoms with Crippen molar-refractivity contribution < 1.29 is 18.6 Å². The molecular weight excluding hydrogens is 335 g/mol. The van der Waals surface area contributed by atoms with Crippen LogP contribution in [0.3, 0.4) is 0 Å². The molecule has 1 aromatic rings. The zero-order valence-electron chi connectivity index (χ0n) is 15.7. The van der Waals surface area contributed by atoms with Gasteiger partial charge in [0, 0.05) is 43.3 Å². The van der Waals surface area contributed by atoms with Crippen molar-refractivity contribution in [2.24, 2.45) is 0 Å². The molecule has 0 unspecified atom stereocenters. The Labute approximate surface area is 155 Å². The van der Waals surface area contributed by atoms with Crippen LogP contribution in [0.2, 0.25) is 0 Å². The van der Waals surface area contributed by atoms with Crippen LogP contribution in [0.25, 0.3) is 0 Å². The van der Waals surface area contributed by atoms with E-state index in [9.17, 15) is 4.39 Å². The summed E-state index contributed by atoms with van der Waals surface area (Å²) in [6.45, 7) is 9.79. The SMILES string of the molecule is C[C@@H]1CN(C[C@H]2CCCN2Cc2cc(F)cc3c2OCOC3)C[C@H](C)O1. The Bertz CT molecular complexity index is 632. The summed E-state index contributed by atoms with van der Waals surface area (Å²) in [5.41, 5.74) is 1.76. The molecule has 3 aliphatic heterocycles. The molecule has 4 rings (SSSR count). The summed E-state index contributed by atoms with van der Waals surface area (Å²) in [6, 6.07) is 3.65. The van der Waals surface area contributed by atoms with Gasteiger partial charge in [0.15, 0.2) is 6.79 Å². The van der Waals surface area contributed by atoms with E-state index < -0.39 is 0 Å². The van der Waals surface area contributed by atoms with Gasteiger partial charge in [-0.05, 0) is 45.4 Å². The highest BCUT2D eigenvalue weighted by Crippen LogP contribution is 2.32. The number of morpholine rings is 1. The van der Waals surface area contributed by atoms with Crippen molar-refractivity contribution >= 4 is 0 Å². The zero-order valence-corrected chi connectivity index (χ0v) is 15.7. The summed E-state index contributed by atoms with van der Waals surface area (Å²) in [5.74, 6) is 0.608. The molecule has 144 valence electrons. The second kappa shape index (κ2) is 7.80. The van der Waals surface area contributed by atoms with Gasteiger partial charge in [0.2, 0.25) is 0 Å². The van der Waals surface area contributed by atoms with Crippen LogP contribution in [0.1, 0.15) is 37.8 Å². The fourth-order valence-corrected chi connectivity index (χ4v) is 4.63. The Morgan fingerprint density at radius 2 is 2.00 bits per heavy atom. The van der Waals surface area contributed by atoms with E-state index in [1.807, 2.05) is 0 Å². The fraction of sp³-hybridized carbons (Fsp3) is 0.700. The average Bonchev–Trinajstić information content (AvgIpc) is 3.00. The quantitative estimate of drug-likeness (QED) is 0.821. The molecule has 0 spiro atoms. The largest absolute Gasteiger partial charge is 0.467 e. The lowest BCUT2D eigenvalue weighted by atomic mass is 10.1. The van der Waals surface area contributed by atoms with Crippen molar-refractivity contribution in [3.8, 4) is 5.75 Å². The molecule has 0 radical (unpaired) electrons. The molecule has 6 heteroatoms. The van der Waals surface area contributed by atoms with Crippen molar-refractivity contribution in [1.82, 2.24) is 9.80 Å². The summed E-state index contributed by atoms with van der Waals surface area (Å²) in [6.07, 6.45) is 2.97. The first-order valence-corrected chi connectivity index (χ1v) is 9.72. The van der Waals surface area contributed by atoms with Gasteiger partial charge in [-0.15, -0.1) is 0 Å². The summed E-state index contributed by atoms with van der Waals surface area (Å²) in [5, 5.41) is 0. The van der Waals surface area contributed by atoms with Gasteiger partial charge in [-0.1, -0.05) is 0 Å². The summed E-state index contributed by atoms with van der Waals surface area (Å²) in [4.78, 5) is 5.01. The Morgan fingerprint density at radius 3 is 2.81 bits per heavy atom. The Morgan fingerprint density at radius 1 is 1.19 bits per heavy atom. The number of rotatable bonds is 4. The first-order chi connectivity index (χ1) is 12.6. The van der Waals surface area contributed by atoms with E-state index in [4.69, 9.17) is 14.2 Å². The molecule has 2 saturated heterocycles. The predicted octanol–water partition coefficient (Wildman–Crippen LogP) is 2.77. The normalized spacial score (nSPS) is 30.2. The molecule has 3 heterocycles. The van der Waals surface area contributed by atoms with Crippen LogP contribution in [-0.2, 0) is 22.6 Å². The molecular formula is C20H29FN2O3. The Hall–Kier alpha value is -1.21. The van der Waals surface area contributed by atoms with Gasteiger partial charge in [0.05, 0.1) is 18.8 Å². The summed E-state index contributed by atoms with van der Waals surface area (Å²) in [7, 11) is 0. The van der Waals surface area contributed by atoms with Gasteiger partial charge in [0.25, 0.3) is 0 Å². The summed E-state index contributed by atoms with van der Waals surface area (Å²) >= 11 is 0. The van der Waals surface area contributed by atoms with E-state index in [0.717, 1.165) is 49.6 Å². The lowest BCUT2D eigenvalue weighted by Crippen LogP contribution is -2.50. The van der Waals surface area contributed by atoms with E-state index in [0.29, 0.717) is 12.6 Å². The zero-order chi connectivity index (χ0) is 18.1. The number of fused-ring (bicyclic) bond motifs is 1. The van der Waals surface area contributed by atoms with Crippen LogP contribution in [0, 0.1) is 5.82 Å². The van der Waals surface area contributed by atoms with E-state index in [1.165, 1.54) is 18.9 Å². The van der Waals surface area contributed by atoms with Crippen molar-refractivity contribution in [2.45, 2.75) is 58.1 Å². The molecule has 3 atom stereocenters. The van der Waals surface area contributed by atoms with Crippen LogP contribution >= 0.6 is 0 Å². The van der Waals surface area contributed by atoms with Gasteiger partial charge >= 0.3 is 0 Å². The van der Waals surface area contributed by atoms with Gasteiger partial charge in [-0.2, -0.15) is 0 Å². The molecule has 0 bridgehead atoms. The number of hydrogen-bond donors (Lipinski definition) is 0. The molecule has 26 heavy (non-hydrogen) atoms. The Kier molecular flexibility index (Phi) is 5.45. The highest BCUT2D eigenvalue weighted by atomic mass is 19.1. The van der Waals surface area contributed by atoms with Gasteiger partial charge in [-0.3, -0.25) is 9.80 Å². The van der Waals surface area contributed by atoms with Crippen molar-refractivity contribution in [3.63, 3.8) is 0 Å². The minimum atomic E-state index is -0.209. The standard InChI is InChI=1S/C20H29FN2O3/c1-14-8-22(9-15(2)26-14)11-19-4-3-5-23(19)10-16-6-18(21)7-17-12-24-13-25-20(16)17/h6-7,14-15,19H,3-5,8-13H2,1-2H3/t14-,15+,19-/m1/s1. The fourth-order valence-electron chi connectivity index (χ4n) is 4.63. The van der Waals surface area contributed by atoms with Gasteiger partial charge in [-0.25, -0.2) is 4.39 Å². The first-order valence-electron chi connectivity index (χ1n) is 9.72. The molecule has 3 aliphatic rings. The van der Waals surface area contributed by atoms with E-state index in [1.54, 1.807) is 6.07 Å². The molecule has 0 N–H and O–H groups in total. The molecule has 1 aromatic carbocycles. The number of ether oxygens (including phenoxy) is 3. The average molecular weight is 364 g/mol. The second-order valence-electron chi connectivity index (χ2n) is 7.91. The monoisotopic (exact) mass is 364 g/mol. The third kappa shape index (κ3) is 4.03. The maximum Gasteiger partial charge on any atom is 0.189 e. The number of halogens is 1. The van der Waals surface area contributed by atoms with Crippen LogP contribution in [-0.4, -0.2) is 61.0 Å². The smallest absolute Gasteiger partial charge is 0.189 e. The van der Waals surface area contributed by atoms with Crippen LogP contribution in [0.15, 0.2) is 12.1 Å². The minimum Gasteiger partial charge on any atom is -0.467 e. The number of hydrogen-bond acceptors (Lipinski definition) is 5. The number of nitrogens with zero attached hydrogens (tertiary/aromatic N) is 2. The van der Waals surface area contributed by atoms with Crippen LogP contribution < -0.4 is 4.74 Å². The van der Waals surface area contributed by atoms with Crippen molar-refractivity contribution in [3.05, 3.63) is 29.1 Å². The molecule has 5 nitrogen and oxygen atoms in total. The predicted molar refractivity (Wildman–Crippen MR) is 96.6 cm³/mol. The second-order valence-corrected chi connectivity index (χ2v) is 7.91. The van der Waals surface area contributed by atoms with E-state index in [2.05, 4.69) is 23.6 Å². The Balaban J connectivity index is 1.45. The molecule has 0 aliphatic carbocycles. The van der Waals surface area contributed by atoms with Crippen LogP contribution in [0.5, 0.6) is 5.75 Å². The third-order valence-electron chi connectivity index (χ3n) is 5.59. The summed E-state index contributed by atoms with van der Waals surface area (Å²) < 4.78 is 30.9. The molecule has 0 amide bonds. The maximum atomic E-state index is 14.0. The van der Waals surface area contributed by atoms with E-state index >= 15 is 0 Å². The van der Waals surface area contributed by atoms with Crippen molar-refractivity contribution in [2.75, 3.05) is 33.0 Å². The van der Waals surface area contributed by atoms with Gasteiger partial charge < -0.3 is 14.2 Å². The third-order valence-corrected chi connectivity index (χ3v) is 5.59. The van der Waals surface area contributed by atoms with E-state index in [-0.39, 0.29) is 24.8 Å². The molecule has 0 saturated carbocycles. The highest BCUT2D eigenvalue weighted by Gasteiger charge is 2.31. The minimum absolute atomic E-state index is 0.209. The van der Waals surface area contributed by atoms with Gasteiger partial charge in [0.1, 0.15) is 11.6 Å². The topological polar surface area (TPSA) is 34.2 Å². The lowest BCUT2D eigenvalue weighted by molar-refractivity contribution is -0.0724. The first kappa shape index (κ1) is 18.2. The molecule has 0 aromatic heterocycles. The number of likely N-dealkylation sites (tertiary alicyclic amines) is 1. The van der Waals surface area contributed by atoms with Crippen molar-refractivity contribution in [1.29, 1.82) is 0 Å². The molecule has 2 fully saturated rings. The number of benzene rings is 1. The maximum absolute atomic E-state index is 14.0. The lowest BCUT2D eigenvalue weighted by Gasteiger charge is -2.38.